The first-order valence-electron chi connectivity index (χ1n) is 14.3. The van der Waals surface area contributed by atoms with E-state index in [9.17, 15) is 4.79 Å². The third kappa shape index (κ3) is 6.52. The fourth-order valence-corrected chi connectivity index (χ4v) is 5.48. The van der Waals surface area contributed by atoms with Gasteiger partial charge in [-0.3, -0.25) is 4.79 Å². The Morgan fingerprint density at radius 2 is 1.83 bits per heavy atom. The van der Waals surface area contributed by atoms with Crippen molar-refractivity contribution >= 4 is 39.6 Å². The number of primary amides is 1. The van der Waals surface area contributed by atoms with Gasteiger partial charge in [0.1, 0.15) is 0 Å². The maximum Gasteiger partial charge on any atom is 0.217 e. The van der Waals surface area contributed by atoms with Crippen LogP contribution in [0.4, 0.5) is 11.6 Å². The summed E-state index contributed by atoms with van der Waals surface area (Å²) in [5.41, 5.74) is 21.2. The standard InChI is InChI=1S/C32H40N8O/c1-22-15-23(2)17-26(16-22)39(14-5-9-30(34)41)19-24-10-11-27-29(18-24)40(32(37-27)35-13-6-12-33)20-25-7-4-8-28-31(25)36-21-38(28)3/h4,7-8,10-11,15-18,21H,5-6,9,12-14,19-20,33H2,1-3H3,(H2,34,41)(H,35,37). The fourth-order valence-electron chi connectivity index (χ4n) is 5.48. The minimum absolute atomic E-state index is 0.270. The van der Waals surface area contributed by atoms with Crippen molar-refractivity contribution in [2.75, 3.05) is 29.9 Å². The lowest BCUT2D eigenvalue weighted by molar-refractivity contribution is -0.118. The topological polar surface area (TPSA) is 120 Å². The van der Waals surface area contributed by atoms with Crippen LogP contribution in [0.1, 0.15) is 41.5 Å². The summed E-state index contributed by atoms with van der Waals surface area (Å²) in [5, 5.41) is 3.51. The molecule has 0 atom stereocenters. The molecule has 0 fully saturated rings. The number of amides is 1. The first-order chi connectivity index (χ1) is 19.8. The molecule has 0 spiro atoms. The van der Waals surface area contributed by atoms with Crippen LogP contribution in [-0.2, 0) is 24.9 Å². The van der Waals surface area contributed by atoms with Crippen LogP contribution >= 0.6 is 0 Å². The molecule has 0 aliphatic rings. The van der Waals surface area contributed by atoms with Crippen LogP contribution in [0.25, 0.3) is 22.1 Å². The average Bonchev–Trinajstić information content (AvgIpc) is 3.48. The van der Waals surface area contributed by atoms with Crippen LogP contribution < -0.4 is 21.7 Å². The van der Waals surface area contributed by atoms with Gasteiger partial charge in [-0.05, 0) is 85.8 Å². The Hall–Kier alpha value is -4.37. The number of benzene rings is 3. The number of hydrogen-bond donors (Lipinski definition) is 3. The van der Waals surface area contributed by atoms with Gasteiger partial charge in [0, 0.05) is 38.8 Å². The summed E-state index contributed by atoms with van der Waals surface area (Å²) in [6, 6.07) is 19.4. The molecule has 0 aliphatic heterocycles. The largest absolute Gasteiger partial charge is 0.370 e. The van der Waals surface area contributed by atoms with Crippen LogP contribution in [0.3, 0.4) is 0 Å². The number of nitrogens with zero attached hydrogens (tertiary/aromatic N) is 5. The SMILES string of the molecule is Cc1cc(C)cc(N(CCCC(N)=O)Cc2ccc3nc(NCCCN)n(Cc4cccc5c4ncn5C)c3c2)c1. The van der Waals surface area contributed by atoms with E-state index in [0.717, 1.165) is 58.8 Å². The molecule has 9 heteroatoms. The third-order valence-electron chi connectivity index (χ3n) is 7.44. The van der Waals surface area contributed by atoms with Crippen molar-refractivity contribution in [1.82, 2.24) is 19.1 Å². The summed E-state index contributed by atoms with van der Waals surface area (Å²) in [6.07, 6.45) is 3.79. The predicted octanol–water partition coefficient (Wildman–Crippen LogP) is 4.62. The highest BCUT2D eigenvalue weighted by Gasteiger charge is 2.16. The number of carbonyl (C=O) groups is 1. The molecule has 0 unspecified atom stereocenters. The van der Waals surface area contributed by atoms with Crippen LogP contribution in [0.2, 0.25) is 0 Å². The summed E-state index contributed by atoms with van der Waals surface area (Å²) < 4.78 is 4.29. The normalized spacial score (nSPS) is 11.4. The number of aryl methyl sites for hydroxylation is 3. The van der Waals surface area contributed by atoms with Crippen molar-refractivity contribution in [3.8, 4) is 0 Å². The highest BCUT2D eigenvalue weighted by molar-refractivity contribution is 5.82. The van der Waals surface area contributed by atoms with E-state index < -0.39 is 0 Å². The summed E-state index contributed by atoms with van der Waals surface area (Å²) in [7, 11) is 2.02. The van der Waals surface area contributed by atoms with Crippen molar-refractivity contribution in [1.29, 1.82) is 0 Å². The van der Waals surface area contributed by atoms with Crippen LogP contribution in [-0.4, -0.2) is 44.6 Å². The van der Waals surface area contributed by atoms with E-state index in [1.54, 1.807) is 0 Å². The second kappa shape index (κ2) is 12.4. The van der Waals surface area contributed by atoms with Crippen LogP contribution in [0.15, 0.2) is 60.9 Å². The molecule has 0 bridgehead atoms. The molecular weight excluding hydrogens is 512 g/mol. The number of carbonyl (C=O) groups excluding carboxylic acids is 1. The molecule has 214 valence electrons. The minimum Gasteiger partial charge on any atom is -0.370 e. The van der Waals surface area contributed by atoms with Crippen molar-refractivity contribution in [2.45, 2.75) is 46.2 Å². The number of rotatable bonds is 13. The summed E-state index contributed by atoms with van der Waals surface area (Å²) in [5.74, 6) is 0.555. The zero-order valence-electron chi connectivity index (χ0n) is 24.2. The molecule has 1 amide bonds. The Labute approximate surface area is 241 Å². The summed E-state index contributed by atoms with van der Waals surface area (Å²) >= 11 is 0. The van der Waals surface area contributed by atoms with Crippen molar-refractivity contribution in [2.24, 2.45) is 18.5 Å². The first-order valence-corrected chi connectivity index (χ1v) is 14.3. The molecule has 2 aromatic heterocycles. The zero-order valence-corrected chi connectivity index (χ0v) is 24.2. The van der Waals surface area contributed by atoms with Gasteiger partial charge < -0.3 is 30.8 Å². The monoisotopic (exact) mass is 552 g/mol. The summed E-state index contributed by atoms with van der Waals surface area (Å²) in [4.78, 5) is 23.4. The van der Waals surface area contributed by atoms with Gasteiger partial charge in [0.05, 0.1) is 34.9 Å². The quantitative estimate of drug-likeness (QED) is 0.183. The molecule has 0 saturated carbocycles. The van der Waals surface area contributed by atoms with Crippen molar-refractivity contribution in [3.05, 3.63) is 83.2 Å². The maximum absolute atomic E-state index is 11.5. The number of imidazole rings is 2. The van der Waals surface area contributed by atoms with Gasteiger partial charge >= 0.3 is 0 Å². The molecular formula is C32H40N8O. The Morgan fingerprint density at radius 3 is 2.59 bits per heavy atom. The Kier molecular flexibility index (Phi) is 8.54. The van der Waals surface area contributed by atoms with Crippen LogP contribution in [0, 0.1) is 13.8 Å². The second-order valence-electron chi connectivity index (χ2n) is 10.9. The molecule has 41 heavy (non-hydrogen) atoms. The van der Waals surface area contributed by atoms with E-state index >= 15 is 0 Å². The highest BCUT2D eigenvalue weighted by Crippen LogP contribution is 2.27. The molecule has 3 aromatic carbocycles. The Bertz CT molecular complexity index is 1650. The van der Waals surface area contributed by atoms with Gasteiger partial charge in [0.25, 0.3) is 0 Å². The maximum atomic E-state index is 11.5. The van der Waals surface area contributed by atoms with Gasteiger partial charge in [-0.2, -0.15) is 0 Å². The number of aromatic nitrogens is 4. The van der Waals surface area contributed by atoms with E-state index in [1.807, 2.05) is 17.9 Å². The Balaban J connectivity index is 1.52. The van der Waals surface area contributed by atoms with E-state index in [4.69, 9.17) is 16.5 Å². The van der Waals surface area contributed by atoms with Crippen molar-refractivity contribution < 1.29 is 4.79 Å². The number of anilines is 2. The van der Waals surface area contributed by atoms with E-state index in [-0.39, 0.29) is 5.91 Å². The third-order valence-corrected chi connectivity index (χ3v) is 7.44. The number of hydrogen-bond acceptors (Lipinski definition) is 6. The Morgan fingerprint density at radius 1 is 1.02 bits per heavy atom. The average molecular weight is 553 g/mol. The van der Waals surface area contributed by atoms with Crippen molar-refractivity contribution in [3.63, 3.8) is 0 Å². The molecule has 2 heterocycles. The molecule has 0 radical (unpaired) electrons. The first kappa shape index (κ1) is 28.2. The molecule has 5 N–H and O–H groups in total. The lowest BCUT2D eigenvalue weighted by Gasteiger charge is -2.26. The zero-order chi connectivity index (χ0) is 28.9. The number of para-hydroxylation sites is 1. The molecule has 5 aromatic rings. The van der Waals surface area contributed by atoms with Gasteiger partial charge in [0.15, 0.2) is 0 Å². The number of fused-ring (bicyclic) bond motifs is 2. The minimum atomic E-state index is -0.270. The van der Waals surface area contributed by atoms with E-state index in [1.165, 1.54) is 16.7 Å². The van der Waals surface area contributed by atoms with E-state index in [0.29, 0.717) is 32.5 Å². The number of nitrogens with one attached hydrogen (secondary N) is 1. The van der Waals surface area contributed by atoms with E-state index in [2.05, 4.69) is 88.2 Å². The predicted molar refractivity (Wildman–Crippen MR) is 167 cm³/mol. The number of nitrogens with two attached hydrogens (primary N) is 2. The molecule has 5 rings (SSSR count). The summed E-state index contributed by atoms with van der Waals surface area (Å²) in [6.45, 7) is 7.67. The molecule has 0 aliphatic carbocycles. The lowest BCUT2D eigenvalue weighted by atomic mass is 10.1. The second-order valence-corrected chi connectivity index (χ2v) is 10.9. The van der Waals surface area contributed by atoms with Gasteiger partial charge in [-0.1, -0.05) is 24.3 Å². The van der Waals surface area contributed by atoms with Gasteiger partial charge in [-0.25, -0.2) is 9.97 Å². The molecule has 9 nitrogen and oxygen atoms in total. The molecule has 0 saturated heterocycles. The van der Waals surface area contributed by atoms with Crippen LogP contribution in [0.5, 0.6) is 0 Å². The highest BCUT2D eigenvalue weighted by atomic mass is 16.1. The fraction of sp³-hybridized carbons (Fsp3) is 0.344. The van der Waals surface area contributed by atoms with Gasteiger partial charge in [-0.15, -0.1) is 0 Å². The van der Waals surface area contributed by atoms with Gasteiger partial charge in [0.2, 0.25) is 11.9 Å². The lowest BCUT2D eigenvalue weighted by Crippen LogP contribution is -2.25. The smallest absolute Gasteiger partial charge is 0.217 e.